The van der Waals surface area contributed by atoms with Crippen LogP contribution in [0, 0.1) is 11.8 Å². The minimum atomic E-state index is -1.22. The summed E-state index contributed by atoms with van der Waals surface area (Å²) in [6, 6.07) is 0. The molecule has 0 saturated heterocycles. The number of primary amides is 1. The molecule has 0 aromatic carbocycles. The van der Waals surface area contributed by atoms with Crippen molar-refractivity contribution < 1.29 is 19.5 Å². The maximum atomic E-state index is 12.7. The molecule has 0 bridgehead atoms. The van der Waals surface area contributed by atoms with E-state index in [0.29, 0.717) is 17.0 Å². The van der Waals surface area contributed by atoms with E-state index in [1.54, 1.807) is 6.08 Å². The Morgan fingerprint density at radius 3 is 2.44 bits per heavy atom. The average molecular weight is 361 g/mol. The molecule has 25 heavy (non-hydrogen) atoms. The molecule has 2 aliphatic carbocycles. The number of fused-ring (bicyclic) bond motifs is 1. The number of aryl methyl sites for hydroxylation is 1. The Morgan fingerprint density at radius 2 is 1.76 bits per heavy atom. The van der Waals surface area contributed by atoms with Gasteiger partial charge in [0.1, 0.15) is 5.00 Å². The molecule has 3 rings (SSSR count). The van der Waals surface area contributed by atoms with E-state index >= 15 is 0 Å². The van der Waals surface area contributed by atoms with Gasteiger partial charge in [0.2, 0.25) is 5.91 Å². The van der Waals surface area contributed by atoms with Crippen LogP contribution in [0.25, 0.3) is 0 Å². The molecule has 0 aliphatic heterocycles. The van der Waals surface area contributed by atoms with Crippen molar-refractivity contribution >= 4 is 34.1 Å². The predicted octanol–water partition coefficient (Wildman–Crippen LogP) is 1.39. The fraction of sp³-hybridized carbons (Fsp3) is 0.500. The van der Waals surface area contributed by atoms with Crippen molar-refractivity contribution in [1.82, 2.24) is 0 Å². The SMILES string of the molecule is NC(=O)c1c(NC(=O)[C@H]2CC=CC[C@@H]2C(=O)[O-])sc2c1CCCCC2. The number of thiophene rings is 1. The highest BCUT2D eigenvalue weighted by molar-refractivity contribution is 7.17. The van der Waals surface area contributed by atoms with Gasteiger partial charge in [0.15, 0.2) is 0 Å². The normalized spacial score (nSPS) is 22.7. The smallest absolute Gasteiger partial charge is 0.251 e. The number of aliphatic carboxylic acids is 1. The van der Waals surface area contributed by atoms with Gasteiger partial charge in [-0.05, 0) is 44.1 Å². The van der Waals surface area contributed by atoms with Crippen molar-refractivity contribution in [3.63, 3.8) is 0 Å². The average Bonchev–Trinajstić information content (AvgIpc) is 2.76. The van der Waals surface area contributed by atoms with E-state index in [0.717, 1.165) is 42.5 Å². The number of hydrogen-bond donors (Lipinski definition) is 2. The fourth-order valence-corrected chi connectivity index (χ4v) is 4.96. The first-order chi connectivity index (χ1) is 12.0. The van der Waals surface area contributed by atoms with Gasteiger partial charge >= 0.3 is 0 Å². The second-order valence-corrected chi connectivity index (χ2v) is 7.70. The van der Waals surface area contributed by atoms with Gasteiger partial charge in [-0.2, -0.15) is 0 Å². The van der Waals surface area contributed by atoms with E-state index in [1.165, 1.54) is 11.3 Å². The van der Waals surface area contributed by atoms with E-state index in [4.69, 9.17) is 5.73 Å². The first-order valence-electron chi connectivity index (χ1n) is 8.60. The van der Waals surface area contributed by atoms with Gasteiger partial charge in [-0.25, -0.2) is 0 Å². The zero-order valence-corrected chi connectivity index (χ0v) is 14.7. The lowest BCUT2D eigenvalue weighted by Crippen LogP contribution is -2.41. The maximum absolute atomic E-state index is 12.7. The van der Waals surface area contributed by atoms with Crippen molar-refractivity contribution in [2.75, 3.05) is 5.32 Å². The summed E-state index contributed by atoms with van der Waals surface area (Å²) >= 11 is 1.39. The third kappa shape index (κ3) is 3.61. The second-order valence-electron chi connectivity index (χ2n) is 6.60. The quantitative estimate of drug-likeness (QED) is 0.623. The number of carbonyl (C=O) groups excluding carboxylic acids is 3. The van der Waals surface area contributed by atoms with Crippen LogP contribution in [-0.2, 0) is 22.4 Å². The highest BCUT2D eigenvalue weighted by Crippen LogP contribution is 2.38. The molecule has 0 spiro atoms. The maximum Gasteiger partial charge on any atom is 0.251 e. The molecule has 2 aliphatic rings. The third-order valence-electron chi connectivity index (χ3n) is 4.98. The van der Waals surface area contributed by atoms with Gasteiger partial charge in [-0.15, -0.1) is 11.3 Å². The van der Waals surface area contributed by atoms with Crippen LogP contribution in [0.5, 0.6) is 0 Å². The van der Waals surface area contributed by atoms with Crippen molar-refractivity contribution in [2.45, 2.75) is 44.9 Å². The number of carboxylic acid groups (broad SMARTS) is 1. The Bertz CT molecular complexity index is 738. The van der Waals surface area contributed by atoms with E-state index in [9.17, 15) is 19.5 Å². The minimum Gasteiger partial charge on any atom is -0.550 e. The molecule has 0 radical (unpaired) electrons. The molecular formula is C18H21N2O4S-. The van der Waals surface area contributed by atoms with Gasteiger partial charge in [-0.3, -0.25) is 9.59 Å². The zero-order chi connectivity index (χ0) is 18.0. The van der Waals surface area contributed by atoms with Crippen LogP contribution in [-0.4, -0.2) is 17.8 Å². The monoisotopic (exact) mass is 361 g/mol. The highest BCUT2D eigenvalue weighted by Gasteiger charge is 2.32. The summed E-state index contributed by atoms with van der Waals surface area (Å²) in [5.74, 6) is -3.70. The van der Waals surface area contributed by atoms with Crippen LogP contribution in [0.3, 0.4) is 0 Å². The van der Waals surface area contributed by atoms with E-state index in [-0.39, 0.29) is 6.42 Å². The Labute approximate surface area is 150 Å². The molecule has 134 valence electrons. The van der Waals surface area contributed by atoms with E-state index in [1.807, 2.05) is 6.08 Å². The van der Waals surface area contributed by atoms with Crippen molar-refractivity contribution in [3.05, 3.63) is 28.2 Å². The summed E-state index contributed by atoms with van der Waals surface area (Å²) in [6.45, 7) is 0. The first-order valence-corrected chi connectivity index (χ1v) is 9.41. The van der Waals surface area contributed by atoms with Crippen LogP contribution in [0.15, 0.2) is 12.2 Å². The molecule has 0 saturated carbocycles. The Balaban J connectivity index is 1.87. The molecule has 2 amide bonds. The summed E-state index contributed by atoms with van der Waals surface area (Å²) in [4.78, 5) is 37.0. The van der Waals surface area contributed by atoms with Crippen molar-refractivity contribution in [2.24, 2.45) is 17.6 Å². The number of rotatable bonds is 4. The fourth-order valence-electron chi connectivity index (χ4n) is 3.66. The molecule has 1 aromatic rings. The summed E-state index contributed by atoms with van der Waals surface area (Å²) < 4.78 is 0. The Kier molecular flexibility index (Phi) is 5.22. The Hall–Kier alpha value is -2.15. The van der Waals surface area contributed by atoms with Crippen LogP contribution < -0.4 is 16.2 Å². The molecule has 6 nitrogen and oxygen atoms in total. The molecule has 0 fully saturated rings. The standard InChI is InChI=1S/C18H22N2O4S/c19-15(21)14-12-8-2-1-3-9-13(12)25-17(14)20-16(22)10-6-4-5-7-11(10)18(23)24/h4-5,10-11H,1-3,6-9H2,(H2,19,21)(H,20,22)(H,23,24)/p-1/t10-,11-/m0/s1. The number of carboxylic acids is 1. The first kappa shape index (κ1) is 17.7. The number of hydrogen-bond acceptors (Lipinski definition) is 5. The van der Waals surface area contributed by atoms with Gasteiger partial charge in [0, 0.05) is 16.8 Å². The van der Waals surface area contributed by atoms with Crippen LogP contribution in [0.2, 0.25) is 0 Å². The highest BCUT2D eigenvalue weighted by atomic mass is 32.1. The number of nitrogens with one attached hydrogen (secondary N) is 1. The predicted molar refractivity (Wildman–Crippen MR) is 93.1 cm³/mol. The molecule has 1 heterocycles. The van der Waals surface area contributed by atoms with Gasteiger partial charge < -0.3 is 21.0 Å². The molecule has 0 unspecified atom stereocenters. The number of anilines is 1. The summed E-state index contributed by atoms with van der Waals surface area (Å²) in [5.41, 5.74) is 6.91. The summed E-state index contributed by atoms with van der Waals surface area (Å²) in [6.07, 6.45) is 9.03. The topological polar surface area (TPSA) is 112 Å². The lowest BCUT2D eigenvalue weighted by atomic mass is 9.82. The molecule has 7 heteroatoms. The van der Waals surface area contributed by atoms with Crippen molar-refractivity contribution in [1.29, 1.82) is 0 Å². The van der Waals surface area contributed by atoms with Crippen LogP contribution >= 0.6 is 11.3 Å². The molecule has 1 aromatic heterocycles. The van der Waals surface area contributed by atoms with Gasteiger partial charge in [0.25, 0.3) is 5.91 Å². The van der Waals surface area contributed by atoms with Crippen molar-refractivity contribution in [3.8, 4) is 0 Å². The lowest BCUT2D eigenvalue weighted by Gasteiger charge is -2.28. The second kappa shape index (κ2) is 7.39. The number of nitrogens with two attached hydrogens (primary N) is 1. The lowest BCUT2D eigenvalue weighted by molar-refractivity contribution is -0.313. The third-order valence-corrected chi connectivity index (χ3v) is 6.18. The van der Waals surface area contributed by atoms with E-state index in [2.05, 4.69) is 5.32 Å². The summed E-state index contributed by atoms with van der Waals surface area (Å²) in [7, 11) is 0. The largest absolute Gasteiger partial charge is 0.550 e. The van der Waals surface area contributed by atoms with Crippen LogP contribution in [0.4, 0.5) is 5.00 Å². The Morgan fingerprint density at radius 1 is 1.08 bits per heavy atom. The summed E-state index contributed by atoms with van der Waals surface area (Å²) in [5, 5.41) is 14.5. The molecule has 2 atom stereocenters. The zero-order valence-electron chi connectivity index (χ0n) is 13.9. The van der Waals surface area contributed by atoms with Gasteiger partial charge in [0.05, 0.1) is 11.5 Å². The number of carbonyl (C=O) groups is 3. The minimum absolute atomic E-state index is 0.282. The van der Waals surface area contributed by atoms with Gasteiger partial charge in [-0.1, -0.05) is 18.6 Å². The number of amides is 2. The van der Waals surface area contributed by atoms with Crippen LogP contribution in [0.1, 0.15) is 52.9 Å². The molecule has 3 N–H and O–H groups in total. The molecular weight excluding hydrogens is 340 g/mol. The number of allylic oxidation sites excluding steroid dienone is 2. The van der Waals surface area contributed by atoms with E-state index < -0.39 is 29.6 Å².